The summed E-state index contributed by atoms with van der Waals surface area (Å²) in [5.41, 5.74) is 5.57. The molecule has 4 N–H and O–H groups in total. The fraction of sp³-hybridized carbons (Fsp3) is 0.857. The number of oxime groups is 1. The number of hydrogen-bond donors (Lipinski definition) is 3. The lowest BCUT2D eigenvalue weighted by molar-refractivity contribution is -0.123. The van der Waals surface area contributed by atoms with Gasteiger partial charge >= 0.3 is 0 Å². The molecule has 19 heavy (non-hydrogen) atoms. The first kappa shape index (κ1) is 15.8. The van der Waals surface area contributed by atoms with Gasteiger partial charge in [-0.2, -0.15) is 0 Å². The van der Waals surface area contributed by atoms with E-state index in [9.17, 15) is 4.79 Å². The van der Waals surface area contributed by atoms with Gasteiger partial charge in [-0.25, -0.2) is 0 Å². The Morgan fingerprint density at radius 3 is 2.58 bits per heavy atom. The molecule has 0 spiro atoms. The molecule has 1 unspecified atom stereocenters. The van der Waals surface area contributed by atoms with E-state index in [1.165, 1.54) is 25.7 Å². The van der Waals surface area contributed by atoms with Crippen molar-refractivity contribution < 1.29 is 10.0 Å². The Labute approximate surface area is 115 Å². The molecule has 1 saturated carbocycles. The van der Waals surface area contributed by atoms with Crippen molar-refractivity contribution in [2.75, 3.05) is 6.54 Å². The molecular weight excluding hydrogens is 242 g/mol. The Bertz CT molecular complexity index is 310. The van der Waals surface area contributed by atoms with E-state index in [0.29, 0.717) is 18.9 Å². The molecule has 0 aliphatic heterocycles. The van der Waals surface area contributed by atoms with Crippen molar-refractivity contribution in [3.63, 3.8) is 0 Å². The summed E-state index contributed by atoms with van der Waals surface area (Å²) in [7, 11) is 0. The minimum atomic E-state index is -0.502. The molecule has 1 rings (SSSR count). The second-order valence-corrected chi connectivity index (χ2v) is 5.74. The zero-order valence-corrected chi connectivity index (χ0v) is 12.1. The first-order valence-corrected chi connectivity index (χ1v) is 7.33. The van der Waals surface area contributed by atoms with Crippen molar-refractivity contribution in [2.45, 2.75) is 52.4 Å². The van der Waals surface area contributed by atoms with Crippen molar-refractivity contribution in [1.82, 2.24) is 5.32 Å². The van der Waals surface area contributed by atoms with Gasteiger partial charge in [0.2, 0.25) is 5.91 Å². The molecule has 1 aliphatic rings. The monoisotopic (exact) mass is 269 g/mol. The average Bonchev–Trinajstić information content (AvgIpc) is 2.43. The molecule has 0 radical (unpaired) electrons. The number of hydrogen-bond acceptors (Lipinski definition) is 3. The van der Waals surface area contributed by atoms with E-state index in [-0.39, 0.29) is 11.7 Å². The van der Waals surface area contributed by atoms with Crippen LogP contribution in [0.1, 0.15) is 52.4 Å². The van der Waals surface area contributed by atoms with Gasteiger partial charge in [0.15, 0.2) is 5.84 Å². The normalized spacial score (nSPS) is 25.9. The minimum absolute atomic E-state index is 0.0108. The summed E-state index contributed by atoms with van der Waals surface area (Å²) in [6.45, 7) is 4.97. The topological polar surface area (TPSA) is 87.7 Å². The highest BCUT2D eigenvalue weighted by Crippen LogP contribution is 2.27. The number of carbonyl (C=O) groups is 1. The van der Waals surface area contributed by atoms with Crippen LogP contribution in [0.2, 0.25) is 0 Å². The molecule has 1 amide bonds. The lowest BCUT2D eigenvalue weighted by atomic mass is 9.83. The van der Waals surface area contributed by atoms with E-state index in [0.717, 1.165) is 12.3 Å². The maximum atomic E-state index is 12.1. The Kier molecular flexibility index (Phi) is 6.67. The van der Waals surface area contributed by atoms with Crippen LogP contribution >= 0.6 is 0 Å². The van der Waals surface area contributed by atoms with Crippen LogP contribution in [0.4, 0.5) is 0 Å². The predicted octanol–water partition coefficient (Wildman–Crippen LogP) is 2.09. The third kappa shape index (κ3) is 5.09. The van der Waals surface area contributed by atoms with E-state index in [1.54, 1.807) is 0 Å². The Morgan fingerprint density at radius 2 is 2.05 bits per heavy atom. The lowest BCUT2D eigenvalue weighted by Gasteiger charge is -2.26. The summed E-state index contributed by atoms with van der Waals surface area (Å²) in [5.74, 6) is 0.788. The van der Waals surface area contributed by atoms with Gasteiger partial charge in [0.25, 0.3) is 0 Å². The van der Waals surface area contributed by atoms with Crippen LogP contribution in [0.5, 0.6) is 0 Å². The summed E-state index contributed by atoms with van der Waals surface area (Å²) in [6, 6.07) is 0. The maximum Gasteiger partial charge on any atom is 0.230 e. The Balaban J connectivity index is 2.40. The number of nitrogens with zero attached hydrogens (tertiary/aromatic N) is 1. The lowest BCUT2D eigenvalue weighted by Crippen LogP contribution is -2.41. The van der Waals surface area contributed by atoms with Crippen LogP contribution in [-0.4, -0.2) is 23.5 Å². The Hall–Kier alpha value is -1.26. The first-order valence-electron chi connectivity index (χ1n) is 7.33. The van der Waals surface area contributed by atoms with Crippen LogP contribution in [0.25, 0.3) is 0 Å². The van der Waals surface area contributed by atoms with Crippen LogP contribution in [0.3, 0.4) is 0 Å². The van der Waals surface area contributed by atoms with Gasteiger partial charge in [-0.1, -0.05) is 38.3 Å². The highest BCUT2D eigenvalue weighted by atomic mass is 16.4. The smallest absolute Gasteiger partial charge is 0.230 e. The molecule has 1 atom stereocenters. The number of nitrogens with one attached hydrogen (secondary N) is 1. The molecule has 0 aromatic rings. The number of carbonyl (C=O) groups excluding carboxylic acids is 1. The van der Waals surface area contributed by atoms with Crippen molar-refractivity contribution in [1.29, 1.82) is 0 Å². The van der Waals surface area contributed by atoms with E-state index >= 15 is 0 Å². The summed E-state index contributed by atoms with van der Waals surface area (Å²) in [4.78, 5) is 12.1. The van der Waals surface area contributed by atoms with E-state index in [2.05, 4.69) is 17.4 Å². The molecule has 110 valence electrons. The SMILES string of the molecule is CCCC(C(=O)NCC1CCC(C)CC1)C(N)=NO. The van der Waals surface area contributed by atoms with Crippen molar-refractivity contribution in [3.05, 3.63) is 0 Å². The molecule has 0 saturated heterocycles. The molecule has 0 aromatic carbocycles. The fourth-order valence-corrected chi connectivity index (χ4v) is 2.67. The third-order valence-electron chi connectivity index (χ3n) is 4.07. The minimum Gasteiger partial charge on any atom is -0.409 e. The van der Waals surface area contributed by atoms with Gasteiger partial charge in [-0.15, -0.1) is 0 Å². The first-order chi connectivity index (χ1) is 9.08. The number of rotatable bonds is 6. The molecule has 1 aliphatic carbocycles. The zero-order valence-electron chi connectivity index (χ0n) is 12.1. The van der Waals surface area contributed by atoms with Gasteiger partial charge in [0.05, 0.1) is 5.92 Å². The summed E-state index contributed by atoms with van der Waals surface area (Å²) >= 11 is 0. The maximum absolute atomic E-state index is 12.1. The molecule has 0 heterocycles. The van der Waals surface area contributed by atoms with Gasteiger partial charge in [-0.3, -0.25) is 4.79 Å². The van der Waals surface area contributed by atoms with Crippen LogP contribution < -0.4 is 11.1 Å². The van der Waals surface area contributed by atoms with Crippen molar-refractivity contribution >= 4 is 11.7 Å². The second kappa shape index (κ2) is 8.02. The number of amidine groups is 1. The van der Waals surface area contributed by atoms with Crippen LogP contribution in [-0.2, 0) is 4.79 Å². The summed E-state index contributed by atoms with van der Waals surface area (Å²) < 4.78 is 0. The predicted molar refractivity (Wildman–Crippen MR) is 75.9 cm³/mol. The third-order valence-corrected chi connectivity index (χ3v) is 4.07. The molecule has 1 fully saturated rings. The van der Waals surface area contributed by atoms with Gasteiger partial charge < -0.3 is 16.3 Å². The number of amides is 1. The average molecular weight is 269 g/mol. The van der Waals surface area contributed by atoms with Crippen LogP contribution in [0.15, 0.2) is 5.16 Å². The highest BCUT2D eigenvalue weighted by molar-refractivity contribution is 6.02. The van der Waals surface area contributed by atoms with E-state index < -0.39 is 5.92 Å². The van der Waals surface area contributed by atoms with E-state index in [4.69, 9.17) is 10.9 Å². The van der Waals surface area contributed by atoms with Crippen molar-refractivity contribution in [2.24, 2.45) is 28.6 Å². The fourth-order valence-electron chi connectivity index (χ4n) is 2.67. The van der Waals surface area contributed by atoms with Gasteiger partial charge in [0, 0.05) is 6.54 Å². The standard InChI is InChI=1S/C14H27N3O2/c1-3-4-12(13(15)17-19)14(18)16-9-11-7-5-10(2)6-8-11/h10-12,19H,3-9H2,1-2H3,(H2,15,17)(H,16,18). The molecule has 0 bridgehead atoms. The Morgan fingerprint density at radius 1 is 1.42 bits per heavy atom. The summed E-state index contributed by atoms with van der Waals surface area (Å²) in [6.07, 6.45) is 6.31. The van der Waals surface area contributed by atoms with E-state index in [1.807, 2.05) is 6.92 Å². The highest BCUT2D eigenvalue weighted by Gasteiger charge is 2.24. The molecular formula is C14H27N3O2. The van der Waals surface area contributed by atoms with Gasteiger partial charge in [-0.05, 0) is 31.1 Å². The van der Waals surface area contributed by atoms with Gasteiger partial charge in [0.1, 0.15) is 0 Å². The molecule has 5 heteroatoms. The van der Waals surface area contributed by atoms with Crippen LogP contribution in [0, 0.1) is 17.8 Å². The molecule has 0 aromatic heterocycles. The largest absolute Gasteiger partial charge is 0.409 e. The second-order valence-electron chi connectivity index (χ2n) is 5.74. The molecule has 5 nitrogen and oxygen atoms in total. The zero-order chi connectivity index (χ0) is 14.3. The summed E-state index contributed by atoms with van der Waals surface area (Å²) in [5, 5.41) is 14.6. The number of nitrogens with two attached hydrogens (primary N) is 1. The van der Waals surface area contributed by atoms with Crippen molar-refractivity contribution in [3.8, 4) is 0 Å². The quantitative estimate of drug-likeness (QED) is 0.298.